The van der Waals surface area contributed by atoms with Crippen molar-refractivity contribution in [1.82, 2.24) is 4.57 Å². The minimum atomic E-state index is -0.954. The molecule has 3 aromatic rings. The molecule has 0 bridgehead atoms. The van der Waals surface area contributed by atoms with E-state index in [0.717, 1.165) is 11.3 Å². The van der Waals surface area contributed by atoms with Crippen LogP contribution in [0.25, 0.3) is 17.5 Å². The van der Waals surface area contributed by atoms with Gasteiger partial charge in [-0.05, 0) is 48.4 Å². The predicted molar refractivity (Wildman–Crippen MR) is 140 cm³/mol. The maximum Gasteiger partial charge on any atom is 0.338 e. The predicted octanol–water partition coefficient (Wildman–Crippen LogP) is 1.57. The molecule has 0 saturated heterocycles. The van der Waals surface area contributed by atoms with Gasteiger partial charge in [-0.2, -0.15) is 0 Å². The van der Waals surface area contributed by atoms with Gasteiger partial charge in [0.15, 0.2) is 0 Å². The van der Waals surface area contributed by atoms with E-state index in [9.17, 15) is 14.4 Å². The third-order valence-electron chi connectivity index (χ3n) is 5.87. The van der Waals surface area contributed by atoms with Crippen LogP contribution >= 0.6 is 11.3 Å². The van der Waals surface area contributed by atoms with Crippen LogP contribution < -0.4 is 30.0 Å². The lowest BCUT2D eigenvalue weighted by Gasteiger charge is -2.27. The molecule has 1 aliphatic rings. The summed E-state index contributed by atoms with van der Waals surface area (Å²) in [6.07, 6.45) is 1.67. The third-order valence-corrected chi connectivity index (χ3v) is 6.98. The Bertz CT molecular complexity index is 1580. The number of fused-ring (bicyclic) bond motifs is 1. The van der Waals surface area contributed by atoms with E-state index in [4.69, 9.17) is 24.7 Å². The molecule has 0 radical (unpaired) electrons. The van der Waals surface area contributed by atoms with Gasteiger partial charge in [-0.25, -0.2) is 9.59 Å². The van der Waals surface area contributed by atoms with E-state index >= 15 is 0 Å². The highest BCUT2D eigenvalue weighted by Gasteiger charge is 2.39. The number of hydrogen-bond donors (Lipinski definition) is 1. The topological polar surface area (TPSA) is 119 Å². The van der Waals surface area contributed by atoms with Crippen molar-refractivity contribution < 1.29 is 28.5 Å². The summed E-state index contributed by atoms with van der Waals surface area (Å²) in [7, 11) is 4.30. The van der Waals surface area contributed by atoms with Gasteiger partial charge in [-0.15, -0.1) is 11.3 Å². The molecule has 0 saturated carbocycles. The van der Waals surface area contributed by atoms with Crippen LogP contribution in [0.15, 0.2) is 58.9 Å². The molecule has 0 unspecified atom stereocenters. The number of rotatable bonds is 7. The fraction of sp³-hybridized carbons (Fsp3) is 0.222. The Balaban J connectivity index is 2.10. The van der Waals surface area contributed by atoms with E-state index in [1.807, 2.05) is 6.07 Å². The highest BCUT2D eigenvalue weighted by Crippen LogP contribution is 2.38. The average Bonchev–Trinajstić information content (AvgIpc) is 3.23. The normalized spacial score (nSPS) is 15.3. The van der Waals surface area contributed by atoms with Gasteiger partial charge in [0.25, 0.3) is 5.56 Å². The molecule has 2 aromatic carbocycles. The van der Waals surface area contributed by atoms with Gasteiger partial charge in [0.2, 0.25) is 0 Å². The summed E-state index contributed by atoms with van der Waals surface area (Å²) in [5, 5.41) is 0. The smallest absolute Gasteiger partial charge is 0.338 e. The number of aromatic nitrogens is 1. The third kappa shape index (κ3) is 4.75. The summed E-state index contributed by atoms with van der Waals surface area (Å²) in [5.74, 6) is -1.37. The number of carbonyl (C=O) groups is 2. The van der Waals surface area contributed by atoms with Crippen LogP contribution in [0.2, 0.25) is 0 Å². The summed E-state index contributed by atoms with van der Waals surface area (Å²) in [4.78, 5) is 40.0. The minimum absolute atomic E-state index is 0.0316. The minimum Gasteiger partial charge on any atom is -0.497 e. The van der Waals surface area contributed by atoms with Crippen molar-refractivity contribution in [3.05, 3.63) is 84.8 Å². The number of hydrogen-bond acceptors (Lipinski definition) is 9. The van der Waals surface area contributed by atoms with Gasteiger partial charge in [0, 0.05) is 0 Å². The summed E-state index contributed by atoms with van der Waals surface area (Å²) >= 11 is 1.08. The molecule has 0 amide bonds. The second-order valence-electron chi connectivity index (χ2n) is 7.97. The van der Waals surface area contributed by atoms with Crippen molar-refractivity contribution >= 4 is 40.7 Å². The molecule has 2 heterocycles. The molecule has 192 valence electrons. The molecule has 0 spiro atoms. The molecule has 1 atom stereocenters. The van der Waals surface area contributed by atoms with Crippen LogP contribution in [0.5, 0.6) is 11.5 Å². The summed E-state index contributed by atoms with van der Waals surface area (Å²) in [6.45, 7) is 1.74. The van der Waals surface area contributed by atoms with Crippen LogP contribution in [0.4, 0.5) is 0 Å². The van der Waals surface area contributed by atoms with Crippen molar-refractivity contribution in [1.29, 1.82) is 0 Å². The highest BCUT2D eigenvalue weighted by atomic mass is 32.1. The lowest BCUT2D eigenvalue weighted by atomic mass is 9.83. The van der Waals surface area contributed by atoms with Gasteiger partial charge in [-0.1, -0.05) is 24.3 Å². The van der Waals surface area contributed by atoms with Crippen molar-refractivity contribution in [3.63, 3.8) is 0 Å². The van der Waals surface area contributed by atoms with E-state index in [2.05, 4.69) is 0 Å². The van der Waals surface area contributed by atoms with Crippen LogP contribution in [0.3, 0.4) is 0 Å². The number of thiazole rings is 1. The Morgan fingerprint density at radius 1 is 1.00 bits per heavy atom. The Kier molecular flexibility index (Phi) is 7.49. The number of carbonyl (C=O) groups excluding carboxylic acids is 2. The van der Waals surface area contributed by atoms with Crippen LogP contribution in [0.1, 0.15) is 24.0 Å². The van der Waals surface area contributed by atoms with Crippen LogP contribution in [-0.2, 0) is 19.1 Å². The average molecular weight is 523 g/mol. The van der Waals surface area contributed by atoms with Crippen molar-refractivity contribution in [2.45, 2.75) is 12.8 Å². The van der Waals surface area contributed by atoms with E-state index < -0.39 is 23.4 Å². The molecular formula is C27H26N2O7S. The molecule has 10 heteroatoms. The first-order valence-electron chi connectivity index (χ1n) is 11.4. The quantitative estimate of drug-likeness (QED) is 0.465. The molecule has 0 aliphatic carbocycles. The molecule has 1 aliphatic heterocycles. The van der Waals surface area contributed by atoms with Gasteiger partial charge in [-0.3, -0.25) is 9.36 Å². The zero-order chi connectivity index (χ0) is 26.7. The van der Waals surface area contributed by atoms with E-state index in [1.165, 1.54) is 18.8 Å². The van der Waals surface area contributed by atoms with E-state index in [1.54, 1.807) is 62.6 Å². The van der Waals surface area contributed by atoms with Crippen LogP contribution in [-0.4, -0.2) is 44.4 Å². The lowest BCUT2D eigenvalue weighted by molar-refractivity contribution is -0.138. The van der Waals surface area contributed by atoms with Gasteiger partial charge >= 0.3 is 11.9 Å². The van der Waals surface area contributed by atoms with Crippen molar-refractivity contribution in [2.75, 3.05) is 27.9 Å². The number of ether oxygens (including phenoxy) is 4. The number of nitrogens with two attached hydrogens (primary N) is 1. The molecule has 37 heavy (non-hydrogen) atoms. The molecule has 4 rings (SSSR count). The van der Waals surface area contributed by atoms with Gasteiger partial charge in [0.05, 0.1) is 49.5 Å². The molecule has 1 aromatic heterocycles. The number of nitrogens with zero attached hydrogens (tertiary/aromatic N) is 1. The van der Waals surface area contributed by atoms with Gasteiger partial charge < -0.3 is 24.7 Å². The fourth-order valence-electron chi connectivity index (χ4n) is 4.20. The number of methoxy groups -OCH3 is 3. The Morgan fingerprint density at radius 2 is 1.68 bits per heavy atom. The lowest BCUT2D eigenvalue weighted by Crippen LogP contribution is -2.41. The summed E-state index contributed by atoms with van der Waals surface area (Å²) in [5.41, 5.74) is 7.35. The first-order valence-corrected chi connectivity index (χ1v) is 12.2. The monoisotopic (exact) mass is 522 g/mol. The maximum absolute atomic E-state index is 13.6. The molecule has 2 N–H and O–H groups in total. The van der Waals surface area contributed by atoms with Gasteiger partial charge in [0.1, 0.15) is 22.0 Å². The first kappa shape index (κ1) is 25.8. The molecule has 0 fully saturated rings. The Hall–Kier alpha value is -4.31. The molecular weight excluding hydrogens is 496 g/mol. The SMILES string of the molecule is CCOC(=O)C1=C(N)n2c(sc(=Cc3cccc(OC)c3)c2=O)=C(C(=O)OC)[C@H]1c1cccc(OC)c1. The highest BCUT2D eigenvalue weighted by molar-refractivity contribution is 7.07. The first-order chi connectivity index (χ1) is 17.8. The van der Waals surface area contributed by atoms with E-state index in [-0.39, 0.29) is 28.2 Å². The fourth-order valence-corrected chi connectivity index (χ4v) is 5.37. The standard InChI is InChI=1S/C27H26N2O7S/c1-5-36-27(32)21-20(16-9-7-11-18(14-16)34-3)22(26(31)35-4)25-29(23(21)28)24(30)19(37-25)13-15-8-6-10-17(12-15)33-2/h6-14,20H,5,28H2,1-4H3/t20-/m0/s1. The summed E-state index contributed by atoms with van der Waals surface area (Å²) < 4.78 is 22.8. The number of benzene rings is 2. The van der Waals surface area contributed by atoms with Crippen LogP contribution in [0, 0.1) is 0 Å². The Morgan fingerprint density at radius 3 is 2.32 bits per heavy atom. The van der Waals surface area contributed by atoms with Crippen molar-refractivity contribution in [2.24, 2.45) is 5.73 Å². The largest absolute Gasteiger partial charge is 0.497 e. The zero-order valence-corrected chi connectivity index (χ0v) is 21.6. The van der Waals surface area contributed by atoms with Crippen molar-refractivity contribution in [3.8, 4) is 11.5 Å². The Labute approximate surface area is 216 Å². The van der Waals surface area contributed by atoms with E-state index in [0.29, 0.717) is 27.2 Å². The summed E-state index contributed by atoms with van der Waals surface area (Å²) in [6, 6.07) is 14.1. The second-order valence-corrected chi connectivity index (χ2v) is 9.00. The molecule has 9 nitrogen and oxygen atoms in total. The second kappa shape index (κ2) is 10.8. The maximum atomic E-state index is 13.6. The number of esters is 2. The zero-order valence-electron chi connectivity index (χ0n) is 20.8.